The number of aromatic nitrogens is 1. The maximum atomic E-state index is 10.3. The van der Waals surface area contributed by atoms with E-state index >= 15 is 0 Å². The summed E-state index contributed by atoms with van der Waals surface area (Å²) >= 11 is 1.45. The Morgan fingerprint density at radius 3 is 3.00 bits per heavy atom. The van der Waals surface area contributed by atoms with Crippen LogP contribution in [-0.4, -0.2) is 27.8 Å². The summed E-state index contributed by atoms with van der Waals surface area (Å²) < 4.78 is 0. The summed E-state index contributed by atoms with van der Waals surface area (Å²) in [6.07, 6.45) is 1.39. The highest BCUT2D eigenvalue weighted by atomic mass is 32.1. The van der Waals surface area contributed by atoms with E-state index in [9.17, 15) is 4.79 Å². The normalized spacial score (nSPS) is 10.2. The molecule has 1 heterocycles. The Morgan fingerprint density at radius 2 is 2.38 bits per heavy atom. The van der Waals surface area contributed by atoms with E-state index in [0.717, 1.165) is 11.4 Å². The van der Waals surface area contributed by atoms with Crippen molar-refractivity contribution in [3.8, 4) is 0 Å². The van der Waals surface area contributed by atoms with Crippen molar-refractivity contribution in [3.63, 3.8) is 0 Å². The molecule has 0 radical (unpaired) electrons. The number of carbonyl (C=O) groups is 1. The van der Waals surface area contributed by atoms with Crippen LogP contribution in [0, 0.1) is 0 Å². The summed E-state index contributed by atoms with van der Waals surface area (Å²) in [6.45, 7) is 0.147. The average molecular weight is 201 g/mol. The molecule has 0 fully saturated rings. The first-order valence-electron chi connectivity index (χ1n) is 3.98. The number of aliphatic hydroxyl groups is 1. The van der Waals surface area contributed by atoms with Gasteiger partial charge in [-0.15, -0.1) is 11.3 Å². The fourth-order valence-electron chi connectivity index (χ4n) is 0.930. The molecule has 0 spiro atoms. The van der Waals surface area contributed by atoms with Crippen molar-refractivity contribution in [1.29, 1.82) is 0 Å². The van der Waals surface area contributed by atoms with Gasteiger partial charge in [0.05, 0.1) is 17.1 Å². The van der Waals surface area contributed by atoms with E-state index in [0.29, 0.717) is 12.1 Å². The van der Waals surface area contributed by atoms with Gasteiger partial charge in [0.1, 0.15) is 0 Å². The van der Waals surface area contributed by atoms with Crippen molar-refractivity contribution in [3.05, 3.63) is 16.1 Å². The van der Waals surface area contributed by atoms with Crippen LogP contribution in [0.4, 0.5) is 0 Å². The SMILES string of the molecule is O=C(O)Cc1csc(CCCO)n1. The first-order chi connectivity index (χ1) is 6.22. The molecule has 0 amide bonds. The first-order valence-corrected chi connectivity index (χ1v) is 4.86. The van der Waals surface area contributed by atoms with Crippen LogP contribution in [0.25, 0.3) is 0 Å². The minimum absolute atomic E-state index is 0.0182. The van der Waals surface area contributed by atoms with E-state index in [1.54, 1.807) is 5.38 Å². The number of thiazole rings is 1. The molecule has 1 rings (SSSR count). The van der Waals surface area contributed by atoms with Crippen LogP contribution in [0.5, 0.6) is 0 Å². The van der Waals surface area contributed by atoms with Gasteiger partial charge >= 0.3 is 5.97 Å². The molecule has 1 aromatic heterocycles. The molecule has 0 aliphatic carbocycles. The molecule has 13 heavy (non-hydrogen) atoms. The Morgan fingerprint density at radius 1 is 1.62 bits per heavy atom. The van der Waals surface area contributed by atoms with Crippen LogP contribution in [0.1, 0.15) is 17.1 Å². The van der Waals surface area contributed by atoms with Crippen molar-refractivity contribution in [2.75, 3.05) is 6.61 Å². The predicted molar refractivity (Wildman–Crippen MR) is 48.9 cm³/mol. The molecule has 0 saturated heterocycles. The van der Waals surface area contributed by atoms with Crippen LogP contribution in [0.2, 0.25) is 0 Å². The Bertz CT molecular complexity index is 285. The summed E-state index contributed by atoms with van der Waals surface area (Å²) in [6, 6.07) is 0. The van der Waals surface area contributed by atoms with E-state index < -0.39 is 5.97 Å². The van der Waals surface area contributed by atoms with Crippen molar-refractivity contribution in [2.45, 2.75) is 19.3 Å². The lowest BCUT2D eigenvalue weighted by molar-refractivity contribution is -0.136. The lowest BCUT2D eigenvalue weighted by Gasteiger charge is -1.91. The molecule has 0 bridgehead atoms. The zero-order chi connectivity index (χ0) is 9.68. The molecule has 72 valence electrons. The largest absolute Gasteiger partial charge is 0.481 e. The standard InChI is InChI=1S/C8H11NO3S/c10-3-1-2-7-9-6(5-13-7)4-8(11)12/h5,10H,1-4H2,(H,11,12). The Balaban J connectivity index is 2.48. The number of hydrogen-bond acceptors (Lipinski definition) is 4. The number of nitrogens with zero attached hydrogens (tertiary/aromatic N) is 1. The third-order valence-corrected chi connectivity index (χ3v) is 2.44. The molecule has 0 aliphatic heterocycles. The second-order valence-electron chi connectivity index (χ2n) is 2.63. The third-order valence-electron chi connectivity index (χ3n) is 1.48. The molecular weight excluding hydrogens is 190 g/mol. The maximum absolute atomic E-state index is 10.3. The molecule has 0 atom stereocenters. The van der Waals surface area contributed by atoms with E-state index in [1.165, 1.54) is 11.3 Å². The monoisotopic (exact) mass is 201 g/mol. The van der Waals surface area contributed by atoms with Crippen molar-refractivity contribution >= 4 is 17.3 Å². The van der Waals surface area contributed by atoms with Crippen molar-refractivity contribution in [1.82, 2.24) is 4.98 Å². The van der Waals surface area contributed by atoms with Crippen LogP contribution in [0.15, 0.2) is 5.38 Å². The second kappa shape index (κ2) is 4.94. The summed E-state index contributed by atoms with van der Waals surface area (Å²) in [4.78, 5) is 14.4. The second-order valence-corrected chi connectivity index (χ2v) is 3.57. The third kappa shape index (κ3) is 3.52. The first kappa shape index (κ1) is 10.1. The molecule has 0 saturated carbocycles. The highest BCUT2D eigenvalue weighted by molar-refractivity contribution is 7.09. The Kier molecular flexibility index (Phi) is 3.85. The highest BCUT2D eigenvalue weighted by Gasteiger charge is 2.05. The molecule has 0 aromatic carbocycles. The summed E-state index contributed by atoms with van der Waals surface area (Å²) in [7, 11) is 0. The lowest BCUT2D eigenvalue weighted by Crippen LogP contribution is -2.00. The number of aliphatic hydroxyl groups excluding tert-OH is 1. The van der Waals surface area contributed by atoms with Gasteiger partial charge in [-0.1, -0.05) is 0 Å². The maximum Gasteiger partial charge on any atom is 0.309 e. The van der Waals surface area contributed by atoms with E-state index in [4.69, 9.17) is 10.2 Å². The molecule has 0 aliphatic rings. The van der Waals surface area contributed by atoms with Crippen LogP contribution < -0.4 is 0 Å². The minimum Gasteiger partial charge on any atom is -0.481 e. The number of rotatable bonds is 5. The van der Waals surface area contributed by atoms with Gasteiger partial charge in [-0.05, 0) is 6.42 Å². The molecule has 1 aromatic rings. The van der Waals surface area contributed by atoms with Gasteiger partial charge < -0.3 is 10.2 Å². The van der Waals surface area contributed by atoms with Gasteiger partial charge in [-0.3, -0.25) is 4.79 Å². The number of carboxylic acids is 1. The number of carboxylic acid groups (broad SMARTS) is 1. The quantitative estimate of drug-likeness (QED) is 0.735. The van der Waals surface area contributed by atoms with E-state index in [-0.39, 0.29) is 13.0 Å². The lowest BCUT2D eigenvalue weighted by atomic mass is 10.3. The van der Waals surface area contributed by atoms with Crippen LogP contribution in [-0.2, 0) is 17.6 Å². The van der Waals surface area contributed by atoms with Gasteiger partial charge in [0.2, 0.25) is 0 Å². The molecule has 0 unspecified atom stereocenters. The minimum atomic E-state index is -0.862. The Labute approximate surface area is 79.9 Å². The highest BCUT2D eigenvalue weighted by Crippen LogP contribution is 2.11. The predicted octanol–water partition coefficient (Wildman–Crippen LogP) is 0.695. The van der Waals surface area contributed by atoms with Gasteiger partial charge in [0, 0.05) is 18.4 Å². The molecule has 5 heteroatoms. The van der Waals surface area contributed by atoms with E-state index in [1.807, 2.05) is 0 Å². The summed E-state index contributed by atoms with van der Waals surface area (Å²) in [5, 5.41) is 19.7. The molecular formula is C8H11NO3S. The van der Waals surface area contributed by atoms with Crippen molar-refractivity contribution in [2.24, 2.45) is 0 Å². The van der Waals surface area contributed by atoms with Gasteiger partial charge in [0.15, 0.2) is 0 Å². The van der Waals surface area contributed by atoms with Crippen molar-refractivity contribution < 1.29 is 15.0 Å². The van der Waals surface area contributed by atoms with Crippen LogP contribution in [0.3, 0.4) is 0 Å². The zero-order valence-corrected chi connectivity index (χ0v) is 7.88. The fraction of sp³-hybridized carbons (Fsp3) is 0.500. The Hall–Kier alpha value is -0.940. The summed E-state index contributed by atoms with van der Waals surface area (Å²) in [5.74, 6) is -0.862. The number of aliphatic carboxylic acids is 1. The zero-order valence-electron chi connectivity index (χ0n) is 7.06. The average Bonchev–Trinajstić information content (AvgIpc) is 2.48. The molecule has 2 N–H and O–H groups in total. The number of aryl methyl sites for hydroxylation is 1. The topological polar surface area (TPSA) is 70.4 Å². The van der Waals surface area contributed by atoms with Crippen LogP contribution >= 0.6 is 11.3 Å². The van der Waals surface area contributed by atoms with Gasteiger partial charge in [-0.25, -0.2) is 4.98 Å². The molecule has 4 nitrogen and oxygen atoms in total. The smallest absolute Gasteiger partial charge is 0.309 e. The fourth-order valence-corrected chi connectivity index (χ4v) is 1.77. The summed E-state index contributed by atoms with van der Waals surface area (Å²) in [5.41, 5.74) is 0.602. The van der Waals surface area contributed by atoms with Gasteiger partial charge in [0.25, 0.3) is 0 Å². The van der Waals surface area contributed by atoms with Gasteiger partial charge in [-0.2, -0.15) is 0 Å². The number of hydrogen-bond donors (Lipinski definition) is 2. The van der Waals surface area contributed by atoms with E-state index in [2.05, 4.69) is 4.98 Å².